The zero-order valence-electron chi connectivity index (χ0n) is 21.7. The van der Waals surface area contributed by atoms with Crippen molar-refractivity contribution in [2.45, 2.75) is 66.9 Å². The summed E-state index contributed by atoms with van der Waals surface area (Å²) in [5.41, 5.74) is 4.01. The van der Waals surface area contributed by atoms with Gasteiger partial charge in [-0.3, -0.25) is 4.79 Å². The van der Waals surface area contributed by atoms with E-state index in [1.54, 1.807) is 0 Å². The van der Waals surface area contributed by atoms with Crippen molar-refractivity contribution >= 4 is 11.0 Å². The van der Waals surface area contributed by atoms with Crippen LogP contribution < -0.4 is 10.2 Å². The van der Waals surface area contributed by atoms with Crippen molar-refractivity contribution in [3.63, 3.8) is 0 Å². The molecule has 1 aromatic heterocycles. The van der Waals surface area contributed by atoms with Gasteiger partial charge < -0.3 is 24.5 Å². The van der Waals surface area contributed by atoms with Crippen LogP contribution in [-0.4, -0.2) is 21.4 Å². The van der Waals surface area contributed by atoms with Crippen LogP contribution in [0.4, 0.5) is 0 Å². The summed E-state index contributed by atoms with van der Waals surface area (Å²) in [6.45, 7) is 12.0. The highest BCUT2D eigenvalue weighted by Crippen LogP contribution is 2.47. The molecule has 0 spiro atoms. The summed E-state index contributed by atoms with van der Waals surface area (Å²) in [5.74, 6) is 0.579. The zero-order valence-corrected chi connectivity index (χ0v) is 21.7. The molecule has 2 heterocycles. The Labute approximate surface area is 211 Å². The normalized spacial score (nSPS) is 14.6. The number of rotatable bonds is 6. The van der Waals surface area contributed by atoms with Crippen LogP contribution >= 0.6 is 0 Å². The molecule has 3 N–H and O–H groups in total. The largest absolute Gasteiger partial charge is 0.508 e. The second kappa shape index (κ2) is 9.76. The smallest absolute Gasteiger partial charge is 0.200 e. The molecule has 6 heteroatoms. The number of phenolic OH excluding ortho intramolecular Hbond substituents is 3. The lowest BCUT2D eigenvalue weighted by molar-refractivity contribution is 0.177. The van der Waals surface area contributed by atoms with Gasteiger partial charge >= 0.3 is 0 Å². The predicted octanol–water partition coefficient (Wildman–Crippen LogP) is 6.55. The van der Waals surface area contributed by atoms with Crippen LogP contribution in [0.25, 0.3) is 22.3 Å². The number of fused-ring (bicyclic) bond motifs is 3. The Kier molecular flexibility index (Phi) is 6.90. The van der Waals surface area contributed by atoms with Crippen LogP contribution in [0.1, 0.15) is 58.2 Å². The molecular formula is C30H34O6. The summed E-state index contributed by atoms with van der Waals surface area (Å²) >= 11 is 0. The Morgan fingerprint density at radius 1 is 1.03 bits per heavy atom. The lowest BCUT2D eigenvalue weighted by atomic mass is 9.94. The number of allylic oxidation sites excluding steroid dienone is 4. The van der Waals surface area contributed by atoms with E-state index in [9.17, 15) is 20.1 Å². The lowest BCUT2D eigenvalue weighted by Gasteiger charge is -2.17. The quantitative estimate of drug-likeness (QED) is 0.339. The zero-order chi connectivity index (χ0) is 26.3. The van der Waals surface area contributed by atoms with E-state index in [0.717, 1.165) is 16.7 Å². The molecule has 0 saturated heterocycles. The van der Waals surface area contributed by atoms with E-state index >= 15 is 0 Å². The highest BCUT2D eigenvalue weighted by atomic mass is 16.5. The predicted molar refractivity (Wildman–Crippen MR) is 142 cm³/mol. The summed E-state index contributed by atoms with van der Waals surface area (Å²) < 4.78 is 12.7. The first-order chi connectivity index (χ1) is 17.0. The number of ether oxygens (including phenoxy) is 1. The maximum Gasteiger partial charge on any atom is 0.200 e. The molecule has 2 aromatic carbocycles. The van der Waals surface area contributed by atoms with E-state index in [-0.39, 0.29) is 57.8 Å². The van der Waals surface area contributed by atoms with Crippen molar-refractivity contribution in [3.05, 3.63) is 68.4 Å². The van der Waals surface area contributed by atoms with Gasteiger partial charge in [0.25, 0.3) is 0 Å². The minimum atomic E-state index is -0.344. The fourth-order valence-electron chi connectivity index (χ4n) is 4.55. The minimum Gasteiger partial charge on any atom is -0.508 e. The molecule has 6 nitrogen and oxygen atoms in total. The second-order valence-corrected chi connectivity index (χ2v) is 10.4. The maximum absolute atomic E-state index is 14.0. The van der Waals surface area contributed by atoms with Crippen LogP contribution in [0.2, 0.25) is 0 Å². The molecule has 1 aliphatic heterocycles. The van der Waals surface area contributed by atoms with E-state index in [2.05, 4.69) is 13.8 Å². The van der Waals surface area contributed by atoms with E-state index in [1.165, 1.54) is 18.2 Å². The molecule has 0 aliphatic carbocycles. The molecule has 36 heavy (non-hydrogen) atoms. The molecule has 0 saturated carbocycles. The van der Waals surface area contributed by atoms with Crippen molar-refractivity contribution in [1.29, 1.82) is 0 Å². The highest BCUT2D eigenvalue weighted by Gasteiger charge is 2.35. The van der Waals surface area contributed by atoms with Gasteiger partial charge in [0.15, 0.2) is 0 Å². The number of aromatic hydroxyl groups is 3. The van der Waals surface area contributed by atoms with Crippen molar-refractivity contribution in [2.24, 2.45) is 5.92 Å². The number of phenols is 3. The molecule has 1 atom stereocenters. The third-order valence-corrected chi connectivity index (χ3v) is 6.62. The average Bonchev–Trinajstić information content (AvgIpc) is 3.23. The fourth-order valence-corrected chi connectivity index (χ4v) is 4.55. The molecule has 0 amide bonds. The average molecular weight is 491 g/mol. The van der Waals surface area contributed by atoms with E-state index < -0.39 is 0 Å². The Morgan fingerprint density at radius 3 is 2.25 bits per heavy atom. The number of benzene rings is 2. The van der Waals surface area contributed by atoms with Gasteiger partial charge in [-0.15, -0.1) is 0 Å². The molecule has 4 rings (SSSR count). The third kappa shape index (κ3) is 4.60. The molecule has 0 bridgehead atoms. The molecule has 3 aromatic rings. The van der Waals surface area contributed by atoms with Gasteiger partial charge in [0.1, 0.15) is 45.8 Å². The Morgan fingerprint density at radius 2 is 1.67 bits per heavy atom. The summed E-state index contributed by atoms with van der Waals surface area (Å²) in [7, 11) is 0. The van der Waals surface area contributed by atoms with E-state index in [0.29, 0.717) is 35.3 Å². The monoisotopic (exact) mass is 490 g/mol. The van der Waals surface area contributed by atoms with Crippen LogP contribution in [-0.2, 0) is 19.3 Å². The van der Waals surface area contributed by atoms with Gasteiger partial charge in [0, 0.05) is 29.2 Å². The Hall–Kier alpha value is -3.67. The van der Waals surface area contributed by atoms with E-state index in [4.69, 9.17) is 9.15 Å². The van der Waals surface area contributed by atoms with Gasteiger partial charge in [0.05, 0.1) is 5.56 Å². The Balaban J connectivity index is 2.11. The summed E-state index contributed by atoms with van der Waals surface area (Å²) in [5, 5.41) is 32.0. The first kappa shape index (κ1) is 25.4. The molecule has 190 valence electrons. The van der Waals surface area contributed by atoms with Gasteiger partial charge in [0.2, 0.25) is 5.43 Å². The van der Waals surface area contributed by atoms with Gasteiger partial charge in [-0.2, -0.15) is 0 Å². The second-order valence-electron chi connectivity index (χ2n) is 10.4. The SMILES string of the molecule is CC(C)=CCc1c2c(c3oc(-c4ccc(O)cc4O)c(CC=C(C)C)c(=O)c3c1O)C[C@H](C(C)C)O2. The van der Waals surface area contributed by atoms with Gasteiger partial charge in [-0.1, -0.05) is 37.1 Å². The highest BCUT2D eigenvalue weighted by molar-refractivity contribution is 5.93. The van der Waals surface area contributed by atoms with E-state index in [1.807, 2.05) is 39.8 Å². The van der Waals surface area contributed by atoms with Crippen LogP contribution in [0.5, 0.6) is 23.0 Å². The molecule has 1 aliphatic rings. The first-order valence-electron chi connectivity index (χ1n) is 12.3. The summed E-state index contributed by atoms with van der Waals surface area (Å²) in [4.78, 5) is 14.0. The summed E-state index contributed by atoms with van der Waals surface area (Å²) in [6.07, 6.45) is 5.04. The first-order valence-corrected chi connectivity index (χ1v) is 12.3. The van der Waals surface area contributed by atoms with Crippen LogP contribution in [0.3, 0.4) is 0 Å². The summed E-state index contributed by atoms with van der Waals surface area (Å²) in [6, 6.07) is 4.18. The third-order valence-electron chi connectivity index (χ3n) is 6.62. The molecule has 0 unspecified atom stereocenters. The molecule has 0 fully saturated rings. The van der Waals surface area contributed by atoms with Crippen molar-refractivity contribution in [2.75, 3.05) is 0 Å². The van der Waals surface area contributed by atoms with Crippen molar-refractivity contribution in [1.82, 2.24) is 0 Å². The number of hydrogen-bond donors (Lipinski definition) is 3. The molecule has 0 radical (unpaired) electrons. The van der Waals surface area contributed by atoms with Crippen LogP contribution in [0.15, 0.2) is 50.7 Å². The maximum atomic E-state index is 14.0. The van der Waals surface area contributed by atoms with Crippen molar-refractivity contribution < 1.29 is 24.5 Å². The fraction of sp³-hybridized carbons (Fsp3) is 0.367. The lowest BCUT2D eigenvalue weighted by Crippen LogP contribution is -2.20. The topological polar surface area (TPSA) is 100 Å². The van der Waals surface area contributed by atoms with Gasteiger partial charge in [-0.25, -0.2) is 0 Å². The van der Waals surface area contributed by atoms with Gasteiger partial charge in [-0.05, 0) is 58.6 Å². The van der Waals surface area contributed by atoms with Crippen molar-refractivity contribution in [3.8, 4) is 34.3 Å². The standard InChI is InChI=1S/C30H34O6/c1-15(2)7-10-20-26(33)25-27(34)21(11-8-16(3)4)29-22(14-24(35-29)17(5)6)30(25)36-28(20)19-12-9-18(31)13-23(19)32/h7-9,12-13,17,24,31-32,34H,10-11,14H2,1-6H3/t24-/m1/s1. The molecular weight excluding hydrogens is 456 g/mol. The Bertz CT molecular complexity index is 1450. The number of hydrogen-bond acceptors (Lipinski definition) is 6. The van der Waals surface area contributed by atoms with Crippen LogP contribution in [0, 0.1) is 5.92 Å². The minimum absolute atomic E-state index is 0.0964.